The molecule has 1 atom stereocenters. The van der Waals surface area contributed by atoms with Crippen LogP contribution in [0.15, 0.2) is 18.2 Å². The lowest BCUT2D eigenvalue weighted by molar-refractivity contribution is 0.396. The molecule has 1 aromatic carbocycles. The van der Waals surface area contributed by atoms with Crippen LogP contribution in [0.4, 0.5) is 8.78 Å². The van der Waals surface area contributed by atoms with E-state index < -0.39 is 11.6 Å². The van der Waals surface area contributed by atoms with Gasteiger partial charge in [0.1, 0.15) is 11.6 Å². The molecule has 4 heteroatoms. The van der Waals surface area contributed by atoms with E-state index in [-0.39, 0.29) is 16.9 Å². The zero-order valence-corrected chi connectivity index (χ0v) is 11.9. The summed E-state index contributed by atoms with van der Waals surface area (Å²) in [5.41, 5.74) is 3.64. The third kappa shape index (κ3) is 2.28. The molecule has 1 aliphatic rings. The number of hydrogen-bond donors (Lipinski definition) is 2. The Hall–Kier alpha value is -1.00. The molecular weight excluding hydrogens is 246 g/mol. The van der Waals surface area contributed by atoms with Gasteiger partial charge in [0.15, 0.2) is 0 Å². The standard InChI is InChI=1S/C15H22F2N2/c1-14(2)13(15(14,3)4)12(19-18)7-9-5-6-10(16)8-11(9)17/h5-6,8,12-13,19H,7,18H2,1-4H3. The Bertz CT molecular complexity index is 469. The normalized spacial score (nSPS) is 22.3. The van der Waals surface area contributed by atoms with Crippen molar-refractivity contribution in [3.05, 3.63) is 35.4 Å². The summed E-state index contributed by atoms with van der Waals surface area (Å²) in [4.78, 5) is 0. The fourth-order valence-corrected chi connectivity index (χ4v) is 3.45. The predicted molar refractivity (Wildman–Crippen MR) is 72.2 cm³/mol. The molecule has 2 nitrogen and oxygen atoms in total. The molecule has 1 fully saturated rings. The average molecular weight is 268 g/mol. The molecule has 0 saturated heterocycles. The van der Waals surface area contributed by atoms with E-state index >= 15 is 0 Å². The fraction of sp³-hybridized carbons (Fsp3) is 0.600. The third-order valence-electron chi connectivity index (χ3n) is 5.20. The van der Waals surface area contributed by atoms with Crippen molar-refractivity contribution in [1.82, 2.24) is 5.43 Å². The Morgan fingerprint density at radius 2 is 1.79 bits per heavy atom. The summed E-state index contributed by atoms with van der Waals surface area (Å²) in [6.07, 6.45) is 0.472. The molecule has 0 spiro atoms. The first-order valence-electron chi connectivity index (χ1n) is 6.62. The van der Waals surface area contributed by atoms with Crippen molar-refractivity contribution in [3.63, 3.8) is 0 Å². The summed E-state index contributed by atoms with van der Waals surface area (Å²) in [5.74, 6) is 4.95. The van der Waals surface area contributed by atoms with Gasteiger partial charge >= 0.3 is 0 Å². The van der Waals surface area contributed by atoms with Crippen molar-refractivity contribution in [1.29, 1.82) is 0 Å². The van der Waals surface area contributed by atoms with Crippen LogP contribution in [0.1, 0.15) is 33.3 Å². The zero-order chi connectivity index (χ0) is 14.4. The molecule has 0 amide bonds. The van der Waals surface area contributed by atoms with E-state index in [9.17, 15) is 8.78 Å². The van der Waals surface area contributed by atoms with Gasteiger partial charge in [0.2, 0.25) is 0 Å². The van der Waals surface area contributed by atoms with Gasteiger partial charge in [-0.05, 0) is 34.8 Å². The van der Waals surface area contributed by atoms with E-state index in [1.807, 2.05) is 0 Å². The minimum Gasteiger partial charge on any atom is -0.271 e. The fourth-order valence-electron chi connectivity index (χ4n) is 3.45. The lowest BCUT2D eigenvalue weighted by Gasteiger charge is -2.18. The molecule has 19 heavy (non-hydrogen) atoms. The maximum atomic E-state index is 13.7. The number of halogens is 2. The smallest absolute Gasteiger partial charge is 0.129 e. The molecular formula is C15H22F2N2. The van der Waals surface area contributed by atoms with Crippen LogP contribution in [-0.4, -0.2) is 6.04 Å². The van der Waals surface area contributed by atoms with Crippen molar-refractivity contribution in [2.24, 2.45) is 22.6 Å². The van der Waals surface area contributed by atoms with Crippen LogP contribution in [-0.2, 0) is 6.42 Å². The van der Waals surface area contributed by atoms with E-state index in [4.69, 9.17) is 5.84 Å². The van der Waals surface area contributed by atoms with Gasteiger partial charge in [-0.2, -0.15) is 0 Å². The van der Waals surface area contributed by atoms with Crippen LogP contribution in [0, 0.1) is 28.4 Å². The number of rotatable bonds is 4. The number of nitrogens with two attached hydrogens (primary N) is 1. The number of nitrogens with one attached hydrogen (secondary N) is 1. The lowest BCUT2D eigenvalue weighted by atomic mass is 9.97. The quantitative estimate of drug-likeness (QED) is 0.650. The Morgan fingerprint density at radius 1 is 1.21 bits per heavy atom. The van der Waals surface area contributed by atoms with Gasteiger partial charge in [-0.15, -0.1) is 0 Å². The van der Waals surface area contributed by atoms with Gasteiger partial charge in [-0.3, -0.25) is 11.3 Å². The van der Waals surface area contributed by atoms with E-state index in [0.717, 1.165) is 6.07 Å². The Morgan fingerprint density at radius 3 is 2.21 bits per heavy atom. The molecule has 0 heterocycles. The first-order chi connectivity index (χ1) is 8.71. The first-order valence-corrected chi connectivity index (χ1v) is 6.62. The van der Waals surface area contributed by atoms with Crippen LogP contribution in [0.25, 0.3) is 0 Å². The van der Waals surface area contributed by atoms with Gasteiger partial charge in [0.05, 0.1) is 0 Å². The number of hydrogen-bond acceptors (Lipinski definition) is 2. The monoisotopic (exact) mass is 268 g/mol. The van der Waals surface area contributed by atoms with E-state index in [0.29, 0.717) is 17.9 Å². The summed E-state index contributed by atoms with van der Waals surface area (Å²) < 4.78 is 26.6. The van der Waals surface area contributed by atoms with Crippen molar-refractivity contribution in [3.8, 4) is 0 Å². The van der Waals surface area contributed by atoms with E-state index in [1.54, 1.807) is 0 Å². The third-order valence-corrected chi connectivity index (χ3v) is 5.20. The zero-order valence-electron chi connectivity index (χ0n) is 11.9. The predicted octanol–water partition coefficient (Wildman–Crippen LogP) is 3.02. The minimum absolute atomic E-state index is 0.00930. The van der Waals surface area contributed by atoms with Crippen LogP contribution in [0.3, 0.4) is 0 Å². The highest BCUT2D eigenvalue weighted by atomic mass is 19.1. The van der Waals surface area contributed by atoms with Crippen LogP contribution in [0.5, 0.6) is 0 Å². The minimum atomic E-state index is -0.550. The largest absolute Gasteiger partial charge is 0.271 e. The molecule has 0 aliphatic heterocycles. The number of benzene rings is 1. The highest BCUT2D eigenvalue weighted by molar-refractivity contribution is 5.23. The van der Waals surface area contributed by atoms with Crippen molar-refractivity contribution < 1.29 is 8.78 Å². The van der Waals surface area contributed by atoms with Crippen molar-refractivity contribution in [2.45, 2.75) is 40.2 Å². The average Bonchev–Trinajstić information content (AvgIpc) is 2.70. The molecule has 1 saturated carbocycles. The maximum absolute atomic E-state index is 13.7. The lowest BCUT2D eigenvalue weighted by Crippen LogP contribution is -2.40. The molecule has 0 bridgehead atoms. The van der Waals surface area contributed by atoms with Gasteiger partial charge in [0.25, 0.3) is 0 Å². The molecule has 106 valence electrons. The Kier molecular flexibility index (Phi) is 3.43. The summed E-state index contributed by atoms with van der Waals surface area (Å²) in [6.45, 7) is 8.79. The summed E-state index contributed by atoms with van der Waals surface area (Å²) in [7, 11) is 0. The Labute approximate surface area is 113 Å². The highest BCUT2D eigenvalue weighted by Crippen LogP contribution is 2.69. The van der Waals surface area contributed by atoms with Crippen LogP contribution in [0.2, 0.25) is 0 Å². The van der Waals surface area contributed by atoms with Gasteiger partial charge in [0, 0.05) is 12.1 Å². The van der Waals surface area contributed by atoms with Gasteiger partial charge in [-0.1, -0.05) is 33.8 Å². The molecule has 0 aromatic heterocycles. The van der Waals surface area contributed by atoms with Gasteiger partial charge < -0.3 is 0 Å². The molecule has 1 aromatic rings. The van der Waals surface area contributed by atoms with Crippen molar-refractivity contribution >= 4 is 0 Å². The van der Waals surface area contributed by atoms with Crippen LogP contribution < -0.4 is 11.3 Å². The Balaban J connectivity index is 2.17. The van der Waals surface area contributed by atoms with E-state index in [2.05, 4.69) is 33.1 Å². The summed E-state index contributed by atoms with van der Waals surface area (Å²) >= 11 is 0. The molecule has 3 N–H and O–H groups in total. The molecule has 2 rings (SSSR count). The highest BCUT2D eigenvalue weighted by Gasteiger charge is 2.66. The molecule has 0 radical (unpaired) electrons. The second-order valence-electron chi connectivity index (χ2n) is 6.63. The summed E-state index contributed by atoms with van der Waals surface area (Å²) in [6, 6.07) is 3.70. The first kappa shape index (κ1) is 14.4. The van der Waals surface area contributed by atoms with Gasteiger partial charge in [-0.25, -0.2) is 8.78 Å². The van der Waals surface area contributed by atoms with Crippen molar-refractivity contribution in [2.75, 3.05) is 0 Å². The molecule has 1 unspecified atom stereocenters. The van der Waals surface area contributed by atoms with E-state index in [1.165, 1.54) is 12.1 Å². The second kappa shape index (κ2) is 4.53. The second-order valence-corrected chi connectivity index (χ2v) is 6.63. The number of hydrazine groups is 1. The summed E-state index contributed by atoms with van der Waals surface area (Å²) in [5, 5.41) is 0. The molecule has 1 aliphatic carbocycles. The van der Waals surface area contributed by atoms with Crippen LogP contribution >= 0.6 is 0 Å². The topological polar surface area (TPSA) is 38.0 Å². The SMILES string of the molecule is CC1(C)C(C(Cc2ccc(F)cc2F)NN)C1(C)C. The maximum Gasteiger partial charge on any atom is 0.129 e.